The van der Waals surface area contributed by atoms with Crippen molar-refractivity contribution in [2.45, 2.75) is 0 Å². The number of allylic oxidation sites excluding steroid dienone is 1. The van der Waals surface area contributed by atoms with E-state index in [-0.39, 0.29) is 5.78 Å². The first-order valence-corrected chi connectivity index (χ1v) is 9.56. The molecule has 0 radical (unpaired) electrons. The van der Waals surface area contributed by atoms with E-state index in [1.165, 1.54) is 0 Å². The second kappa shape index (κ2) is 7.97. The smallest absolute Gasteiger partial charge is 0.186 e. The van der Waals surface area contributed by atoms with Crippen LogP contribution < -0.4 is 9.80 Å². The second-order valence-electron chi connectivity index (χ2n) is 6.88. The minimum Gasteiger partial charge on any atom is -0.376 e. The van der Waals surface area contributed by atoms with Gasteiger partial charge in [-0.15, -0.1) is 0 Å². The molecule has 0 atom stereocenters. The van der Waals surface area contributed by atoms with Gasteiger partial charge < -0.3 is 9.80 Å². The monoisotopic (exact) mass is 422 g/mol. The van der Waals surface area contributed by atoms with E-state index in [1.54, 1.807) is 6.08 Å². The van der Waals surface area contributed by atoms with Gasteiger partial charge in [-0.2, -0.15) is 0 Å². The Hall–Kier alpha value is -2.59. The third-order valence-electron chi connectivity index (χ3n) is 4.53. The Labute approximate surface area is 169 Å². The van der Waals surface area contributed by atoms with Gasteiger partial charge in [0.1, 0.15) is 0 Å². The summed E-state index contributed by atoms with van der Waals surface area (Å²) in [7, 11) is 8.10. The van der Waals surface area contributed by atoms with Crippen LogP contribution in [-0.2, 0) is 0 Å². The van der Waals surface area contributed by atoms with Crippen LogP contribution in [0.3, 0.4) is 0 Å². The van der Waals surface area contributed by atoms with Gasteiger partial charge in [0.2, 0.25) is 0 Å². The zero-order chi connectivity index (χ0) is 19.6. The number of hydrogen-bond donors (Lipinski definition) is 0. The molecule has 0 saturated heterocycles. The molecule has 0 aliphatic rings. The SMILES string of the molecule is CN(C)c1ccc(/C=C\C(=O)c2ccc(Br)c3ccccc23)cc1N(C)C. The van der Waals surface area contributed by atoms with Gasteiger partial charge in [-0.05, 0) is 46.7 Å². The first-order chi connectivity index (χ1) is 12.9. The second-order valence-corrected chi connectivity index (χ2v) is 7.73. The normalized spacial score (nSPS) is 11.1. The summed E-state index contributed by atoms with van der Waals surface area (Å²) in [6.07, 6.45) is 3.53. The van der Waals surface area contributed by atoms with Gasteiger partial charge in [-0.25, -0.2) is 0 Å². The number of carbonyl (C=O) groups excluding carboxylic acids is 1. The molecule has 3 nitrogen and oxygen atoms in total. The van der Waals surface area contributed by atoms with E-state index in [9.17, 15) is 4.79 Å². The molecule has 4 heteroatoms. The molecule has 3 aromatic carbocycles. The van der Waals surface area contributed by atoms with Crippen LogP contribution >= 0.6 is 15.9 Å². The van der Waals surface area contributed by atoms with Crippen molar-refractivity contribution in [1.82, 2.24) is 0 Å². The topological polar surface area (TPSA) is 23.6 Å². The lowest BCUT2D eigenvalue weighted by molar-refractivity contribution is 0.104. The molecule has 3 aromatic rings. The van der Waals surface area contributed by atoms with Crippen LogP contribution in [-0.4, -0.2) is 34.0 Å². The fourth-order valence-corrected chi connectivity index (χ4v) is 3.60. The molecule has 0 aliphatic carbocycles. The summed E-state index contributed by atoms with van der Waals surface area (Å²) >= 11 is 3.56. The van der Waals surface area contributed by atoms with Crippen molar-refractivity contribution in [3.8, 4) is 0 Å². The van der Waals surface area contributed by atoms with Crippen LogP contribution in [0.5, 0.6) is 0 Å². The predicted octanol–water partition coefficient (Wildman–Crippen LogP) is 5.63. The summed E-state index contributed by atoms with van der Waals surface area (Å²) in [6.45, 7) is 0. The Morgan fingerprint density at radius 3 is 2.19 bits per heavy atom. The summed E-state index contributed by atoms with van der Waals surface area (Å²) in [5.41, 5.74) is 3.97. The number of hydrogen-bond acceptors (Lipinski definition) is 3. The molecule has 0 aromatic heterocycles. The number of rotatable bonds is 5. The lowest BCUT2D eigenvalue weighted by Gasteiger charge is -2.23. The first-order valence-electron chi connectivity index (χ1n) is 8.77. The van der Waals surface area contributed by atoms with Gasteiger partial charge in [0.15, 0.2) is 5.78 Å². The lowest BCUT2D eigenvalue weighted by atomic mass is 10.0. The Bertz CT molecular complexity index is 1020. The van der Waals surface area contributed by atoms with E-state index in [0.29, 0.717) is 5.56 Å². The third-order valence-corrected chi connectivity index (χ3v) is 5.22. The molecule has 0 heterocycles. The number of fused-ring (bicyclic) bond motifs is 1. The molecule has 0 unspecified atom stereocenters. The summed E-state index contributed by atoms with van der Waals surface area (Å²) in [5.74, 6) is 0.00166. The highest BCUT2D eigenvalue weighted by atomic mass is 79.9. The summed E-state index contributed by atoms with van der Waals surface area (Å²) in [6, 6.07) is 17.9. The van der Waals surface area contributed by atoms with Gasteiger partial charge >= 0.3 is 0 Å². The van der Waals surface area contributed by atoms with Crippen LogP contribution in [0.1, 0.15) is 15.9 Å². The minimum atomic E-state index is 0.00166. The zero-order valence-electron chi connectivity index (χ0n) is 16.0. The average Bonchev–Trinajstić information content (AvgIpc) is 2.66. The highest BCUT2D eigenvalue weighted by molar-refractivity contribution is 9.10. The fourth-order valence-electron chi connectivity index (χ4n) is 3.12. The van der Waals surface area contributed by atoms with E-state index < -0.39 is 0 Å². The van der Waals surface area contributed by atoms with Crippen LogP contribution in [0.15, 0.2) is 65.1 Å². The molecule has 3 rings (SSSR count). The largest absolute Gasteiger partial charge is 0.376 e. The van der Waals surface area contributed by atoms with E-state index in [2.05, 4.69) is 37.9 Å². The maximum atomic E-state index is 12.8. The zero-order valence-corrected chi connectivity index (χ0v) is 17.6. The van der Waals surface area contributed by atoms with Gasteiger partial charge in [-0.1, -0.05) is 52.3 Å². The molecule has 0 bridgehead atoms. The van der Waals surface area contributed by atoms with Crippen molar-refractivity contribution in [2.24, 2.45) is 0 Å². The Morgan fingerprint density at radius 1 is 0.852 bits per heavy atom. The molecule has 0 amide bonds. The predicted molar refractivity (Wildman–Crippen MR) is 120 cm³/mol. The first kappa shape index (κ1) is 19.2. The van der Waals surface area contributed by atoms with Crippen LogP contribution in [0.4, 0.5) is 11.4 Å². The van der Waals surface area contributed by atoms with E-state index >= 15 is 0 Å². The molecule has 138 valence electrons. The van der Waals surface area contributed by atoms with E-state index in [4.69, 9.17) is 0 Å². The molecular formula is C23H23BrN2O. The van der Waals surface area contributed by atoms with Crippen molar-refractivity contribution in [1.29, 1.82) is 0 Å². The maximum absolute atomic E-state index is 12.8. The van der Waals surface area contributed by atoms with Crippen molar-refractivity contribution in [3.63, 3.8) is 0 Å². The fraction of sp³-hybridized carbons (Fsp3) is 0.174. The number of ketones is 1. The van der Waals surface area contributed by atoms with Crippen LogP contribution in [0.2, 0.25) is 0 Å². The highest BCUT2D eigenvalue weighted by Crippen LogP contribution is 2.29. The van der Waals surface area contributed by atoms with Gasteiger partial charge in [0, 0.05) is 38.2 Å². The van der Waals surface area contributed by atoms with Gasteiger partial charge in [-0.3, -0.25) is 4.79 Å². The molecule has 0 N–H and O–H groups in total. The van der Waals surface area contributed by atoms with Crippen molar-refractivity contribution < 1.29 is 4.79 Å². The number of halogens is 1. The molecular weight excluding hydrogens is 400 g/mol. The Kier molecular flexibility index (Phi) is 5.66. The highest BCUT2D eigenvalue weighted by Gasteiger charge is 2.10. The average molecular weight is 423 g/mol. The van der Waals surface area contributed by atoms with Gasteiger partial charge in [0.25, 0.3) is 0 Å². The van der Waals surface area contributed by atoms with Crippen molar-refractivity contribution in [2.75, 3.05) is 38.0 Å². The number of anilines is 2. The molecule has 0 fully saturated rings. The molecule has 0 aliphatic heterocycles. The minimum absolute atomic E-state index is 0.00166. The van der Waals surface area contributed by atoms with Crippen LogP contribution in [0.25, 0.3) is 16.8 Å². The molecule has 0 saturated carbocycles. The number of carbonyl (C=O) groups is 1. The molecule has 0 spiro atoms. The standard InChI is InChI=1S/C23H23BrN2O/c1-25(2)21-13-9-16(15-22(21)26(3)4)10-14-23(27)19-11-12-20(24)18-8-6-5-7-17(18)19/h5-15H,1-4H3/b14-10-. The Balaban J connectivity index is 1.94. The van der Waals surface area contributed by atoms with E-state index in [0.717, 1.165) is 32.2 Å². The Morgan fingerprint density at radius 2 is 1.52 bits per heavy atom. The van der Waals surface area contributed by atoms with Crippen molar-refractivity contribution >= 4 is 49.9 Å². The molecule has 27 heavy (non-hydrogen) atoms. The van der Waals surface area contributed by atoms with Crippen LogP contribution in [0, 0.1) is 0 Å². The summed E-state index contributed by atoms with van der Waals surface area (Å²) in [4.78, 5) is 17.0. The van der Waals surface area contributed by atoms with E-state index in [1.807, 2.05) is 76.7 Å². The number of nitrogens with zero attached hydrogens (tertiary/aromatic N) is 2. The third kappa shape index (κ3) is 4.06. The van der Waals surface area contributed by atoms with Crippen molar-refractivity contribution in [3.05, 3.63) is 76.3 Å². The lowest BCUT2D eigenvalue weighted by Crippen LogP contribution is -2.16. The summed E-state index contributed by atoms with van der Waals surface area (Å²) < 4.78 is 0.994. The number of benzene rings is 3. The summed E-state index contributed by atoms with van der Waals surface area (Å²) in [5, 5.41) is 2.00. The van der Waals surface area contributed by atoms with Gasteiger partial charge in [0.05, 0.1) is 11.4 Å². The maximum Gasteiger partial charge on any atom is 0.186 e. The quantitative estimate of drug-likeness (QED) is 0.393.